The number of hydrogen-bond donors (Lipinski definition) is 2. The molecular weight excluding hydrogens is 248 g/mol. The van der Waals surface area contributed by atoms with Crippen molar-refractivity contribution in [1.29, 1.82) is 0 Å². The summed E-state index contributed by atoms with van der Waals surface area (Å²) in [5.41, 5.74) is 11.0. The predicted octanol–water partition coefficient (Wildman–Crippen LogP) is -0.0373. The fraction of sp³-hybridized carbons (Fsp3) is 0.692. The second-order valence-corrected chi connectivity index (χ2v) is 4.57. The number of rotatable bonds is 6. The molecule has 0 aromatic heterocycles. The number of carbonyl (C=O) groups is 2. The Morgan fingerprint density at radius 1 is 1.26 bits per heavy atom. The molecule has 0 spiro atoms. The van der Waals surface area contributed by atoms with E-state index in [1.54, 1.807) is 6.08 Å². The van der Waals surface area contributed by atoms with Gasteiger partial charge in [-0.3, -0.25) is 4.79 Å². The smallest absolute Gasteiger partial charge is 0.334 e. The van der Waals surface area contributed by atoms with Crippen LogP contribution in [0.4, 0.5) is 0 Å². The van der Waals surface area contributed by atoms with E-state index in [1.807, 2.05) is 6.92 Å². The number of ether oxygens (including phenoxy) is 2. The Morgan fingerprint density at radius 2 is 1.89 bits per heavy atom. The summed E-state index contributed by atoms with van der Waals surface area (Å²) in [6, 6.07) is 0. The lowest BCUT2D eigenvalue weighted by Gasteiger charge is -2.27. The van der Waals surface area contributed by atoms with E-state index < -0.39 is 17.9 Å². The first kappa shape index (κ1) is 15.7. The highest BCUT2D eigenvalue weighted by molar-refractivity contribution is 5.96. The maximum absolute atomic E-state index is 12.0. The SMILES string of the molecule is CC1CCC=C(C(=O)OCCN)C1C(=O)OCCN. The van der Waals surface area contributed by atoms with Crippen molar-refractivity contribution in [3.8, 4) is 0 Å². The van der Waals surface area contributed by atoms with Gasteiger partial charge >= 0.3 is 11.9 Å². The first-order chi connectivity index (χ1) is 9.11. The fourth-order valence-electron chi connectivity index (χ4n) is 2.16. The summed E-state index contributed by atoms with van der Waals surface area (Å²) in [7, 11) is 0. The first-order valence-electron chi connectivity index (χ1n) is 6.55. The number of carbonyl (C=O) groups excluding carboxylic acids is 2. The molecule has 0 saturated heterocycles. The highest BCUT2D eigenvalue weighted by Gasteiger charge is 2.36. The molecule has 1 aliphatic carbocycles. The largest absolute Gasteiger partial charge is 0.464 e. The monoisotopic (exact) mass is 270 g/mol. The summed E-state index contributed by atoms with van der Waals surface area (Å²) in [4.78, 5) is 23.9. The molecule has 4 N–H and O–H groups in total. The molecule has 6 heteroatoms. The van der Waals surface area contributed by atoms with E-state index in [2.05, 4.69) is 0 Å². The van der Waals surface area contributed by atoms with Crippen LogP contribution in [0.1, 0.15) is 19.8 Å². The van der Waals surface area contributed by atoms with Crippen molar-refractivity contribution in [2.45, 2.75) is 19.8 Å². The Kier molecular flexibility index (Phi) is 6.52. The summed E-state index contributed by atoms with van der Waals surface area (Å²) < 4.78 is 10.0. The van der Waals surface area contributed by atoms with Crippen LogP contribution in [0.25, 0.3) is 0 Å². The van der Waals surface area contributed by atoms with E-state index in [4.69, 9.17) is 20.9 Å². The third kappa shape index (κ3) is 4.33. The van der Waals surface area contributed by atoms with Crippen LogP contribution in [0.2, 0.25) is 0 Å². The predicted molar refractivity (Wildman–Crippen MR) is 70.0 cm³/mol. The fourth-order valence-corrected chi connectivity index (χ4v) is 2.16. The summed E-state index contributed by atoms with van der Waals surface area (Å²) in [6.07, 6.45) is 3.36. The minimum atomic E-state index is -0.564. The molecule has 0 aliphatic heterocycles. The topological polar surface area (TPSA) is 105 Å². The van der Waals surface area contributed by atoms with Gasteiger partial charge in [0.25, 0.3) is 0 Å². The van der Waals surface area contributed by atoms with Crippen molar-refractivity contribution in [1.82, 2.24) is 0 Å². The second-order valence-electron chi connectivity index (χ2n) is 4.57. The molecule has 0 amide bonds. The molecule has 1 rings (SSSR count). The van der Waals surface area contributed by atoms with Gasteiger partial charge in [0.05, 0.1) is 5.92 Å². The molecule has 0 aromatic rings. The molecule has 0 fully saturated rings. The van der Waals surface area contributed by atoms with Crippen LogP contribution in [-0.4, -0.2) is 38.2 Å². The molecule has 0 aromatic carbocycles. The molecule has 0 radical (unpaired) electrons. The molecular formula is C13H22N2O4. The summed E-state index contributed by atoms with van der Waals surface area (Å²) >= 11 is 0. The molecule has 0 bridgehead atoms. The average Bonchev–Trinajstić information content (AvgIpc) is 2.41. The van der Waals surface area contributed by atoms with Gasteiger partial charge in [0.2, 0.25) is 0 Å². The van der Waals surface area contributed by atoms with E-state index >= 15 is 0 Å². The lowest BCUT2D eigenvalue weighted by molar-refractivity contribution is -0.152. The minimum absolute atomic E-state index is 0.0516. The number of allylic oxidation sites excluding steroid dienone is 1. The molecule has 0 saturated carbocycles. The number of esters is 2. The molecule has 6 nitrogen and oxygen atoms in total. The van der Waals surface area contributed by atoms with Gasteiger partial charge in [0.1, 0.15) is 13.2 Å². The Balaban J connectivity index is 2.77. The zero-order valence-corrected chi connectivity index (χ0v) is 11.3. The maximum Gasteiger partial charge on any atom is 0.334 e. The van der Waals surface area contributed by atoms with Crippen LogP contribution in [0.15, 0.2) is 11.6 Å². The van der Waals surface area contributed by atoms with Crippen LogP contribution in [-0.2, 0) is 19.1 Å². The molecule has 2 unspecified atom stereocenters. The Hall–Kier alpha value is -1.40. The standard InChI is InChI=1S/C13H22N2O4/c1-9-3-2-4-10(12(16)18-7-5-14)11(9)13(17)19-8-6-15/h4,9,11H,2-3,5-8,14-15H2,1H3. The molecule has 1 aliphatic rings. The number of nitrogens with two attached hydrogens (primary N) is 2. The highest BCUT2D eigenvalue weighted by Crippen LogP contribution is 2.32. The minimum Gasteiger partial charge on any atom is -0.464 e. The van der Waals surface area contributed by atoms with Gasteiger partial charge in [-0.25, -0.2) is 4.79 Å². The van der Waals surface area contributed by atoms with Crippen LogP contribution in [0, 0.1) is 11.8 Å². The lowest BCUT2D eigenvalue weighted by atomic mass is 9.79. The van der Waals surface area contributed by atoms with Gasteiger partial charge in [-0.2, -0.15) is 0 Å². The van der Waals surface area contributed by atoms with Gasteiger partial charge in [0, 0.05) is 18.7 Å². The highest BCUT2D eigenvalue weighted by atomic mass is 16.5. The van der Waals surface area contributed by atoms with E-state index in [0.717, 1.165) is 12.8 Å². The van der Waals surface area contributed by atoms with Gasteiger partial charge in [-0.1, -0.05) is 13.0 Å². The zero-order valence-electron chi connectivity index (χ0n) is 11.3. The van der Waals surface area contributed by atoms with Gasteiger partial charge in [0.15, 0.2) is 0 Å². The Morgan fingerprint density at radius 3 is 2.53 bits per heavy atom. The van der Waals surface area contributed by atoms with Crippen LogP contribution in [0.3, 0.4) is 0 Å². The van der Waals surface area contributed by atoms with Crippen LogP contribution in [0.5, 0.6) is 0 Å². The van der Waals surface area contributed by atoms with Gasteiger partial charge in [-0.05, 0) is 18.8 Å². The molecule has 19 heavy (non-hydrogen) atoms. The quantitative estimate of drug-likeness (QED) is 0.656. The summed E-state index contributed by atoms with van der Waals surface area (Å²) in [6.45, 7) is 2.76. The second kappa shape index (κ2) is 7.91. The van der Waals surface area contributed by atoms with Crippen molar-refractivity contribution < 1.29 is 19.1 Å². The van der Waals surface area contributed by atoms with Crippen LogP contribution < -0.4 is 11.5 Å². The number of hydrogen-bond acceptors (Lipinski definition) is 6. The Bertz CT molecular complexity index is 355. The normalized spacial score (nSPS) is 22.6. The Labute approximate surface area is 113 Å². The van der Waals surface area contributed by atoms with E-state index in [9.17, 15) is 9.59 Å². The van der Waals surface area contributed by atoms with E-state index in [0.29, 0.717) is 5.57 Å². The zero-order chi connectivity index (χ0) is 14.3. The molecule has 108 valence electrons. The summed E-state index contributed by atoms with van der Waals surface area (Å²) in [5, 5.41) is 0. The van der Waals surface area contributed by atoms with Crippen molar-refractivity contribution in [3.63, 3.8) is 0 Å². The first-order valence-corrected chi connectivity index (χ1v) is 6.55. The third-order valence-electron chi connectivity index (χ3n) is 3.09. The van der Waals surface area contributed by atoms with Crippen molar-refractivity contribution in [2.24, 2.45) is 23.3 Å². The average molecular weight is 270 g/mol. The van der Waals surface area contributed by atoms with Crippen molar-refractivity contribution in [2.75, 3.05) is 26.3 Å². The van der Waals surface area contributed by atoms with E-state index in [-0.39, 0.29) is 32.2 Å². The molecule has 0 heterocycles. The maximum atomic E-state index is 12.0. The third-order valence-corrected chi connectivity index (χ3v) is 3.09. The van der Waals surface area contributed by atoms with Gasteiger partial charge in [-0.15, -0.1) is 0 Å². The summed E-state index contributed by atoms with van der Waals surface area (Å²) in [5.74, 6) is -1.40. The van der Waals surface area contributed by atoms with Crippen molar-refractivity contribution >= 4 is 11.9 Å². The van der Waals surface area contributed by atoms with Crippen molar-refractivity contribution in [3.05, 3.63) is 11.6 Å². The van der Waals surface area contributed by atoms with Crippen LogP contribution >= 0.6 is 0 Å². The van der Waals surface area contributed by atoms with E-state index in [1.165, 1.54) is 0 Å². The lowest BCUT2D eigenvalue weighted by Crippen LogP contribution is -2.33. The van der Waals surface area contributed by atoms with Gasteiger partial charge < -0.3 is 20.9 Å². The molecule has 2 atom stereocenters.